The number of piperidine rings is 1. The lowest BCUT2D eigenvalue weighted by Gasteiger charge is -2.32. The molecule has 0 atom stereocenters. The number of likely N-dealkylation sites (tertiary alicyclic amines) is 1. The van der Waals surface area contributed by atoms with Gasteiger partial charge in [-0.15, -0.1) is 0 Å². The van der Waals surface area contributed by atoms with Crippen molar-refractivity contribution in [1.82, 2.24) is 20.3 Å². The Hall–Kier alpha value is -2.13. The van der Waals surface area contributed by atoms with Crippen LogP contribution < -0.4 is 15.4 Å². The number of sulfonamides is 1. The van der Waals surface area contributed by atoms with E-state index in [1.165, 1.54) is 7.05 Å². The summed E-state index contributed by atoms with van der Waals surface area (Å²) < 4.78 is 27.4. The predicted molar refractivity (Wildman–Crippen MR) is 98.1 cm³/mol. The molecule has 0 unspecified atom stereocenters. The SMILES string of the molecule is CNC(=O)NCCCC(=O)N1CCC(NS(=O)(=O)c2ccccc2)CC1. The number of carbonyl (C=O) groups is 2. The molecule has 1 aromatic rings. The number of benzene rings is 1. The van der Waals surface area contributed by atoms with Crippen molar-refractivity contribution >= 4 is 22.0 Å². The zero-order valence-electron chi connectivity index (χ0n) is 14.9. The fourth-order valence-electron chi connectivity index (χ4n) is 2.82. The maximum Gasteiger partial charge on any atom is 0.314 e. The molecule has 1 aliphatic heterocycles. The number of rotatable bonds is 7. The van der Waals surface area contributed by atoms with Crippen LogP contribution in [0.5, 0.6) is 0 Å². The van der Waals surface area contributed by atoms with Crippen molar-refractivity contribution in [3.05, 3.63) is 30.3 Å². The van der Waals surface area contributed by atoms with Gasteiger partial charge in [-0.25, -0.2) is 17.9 Å². The zero-order chi connectivity index (χ0) is 19.0. The van der Waals surface area contributed by atoms with Crippen LogP contribution in [0, 0.1) is 0 Å². The molecule has 1 heterocycles. The monoisotopic (exact) mass is 382 g/mol. The van der Waals surface area contributed by atoms with Gasteiger partial charge in [0.15, 0.2) is 0 Å². The average Bonchev–Trinajstić information content (AvgIpc) is 2.65. The molecule has 0 radical (unpaired) electrons. The minimum Gasteiger partial charge on any atom is -0.343 e. The van der Waals surface area contributed by atoms with Gasteiger partial charge in [0.05, 0.1) is 4.90 Å². The molecule has 0 aromatic heterocycles. The highest BCUT2D eigenvalue weighted by atomic mass is 32.2. The molecule has 8 nitrogen and oxygen atoms in total. The highest BCUT2D eigenvalue weighted by Gasteiger charge is 2.26. The molecule has 3 N–H and O–H groups in total. The molecular weight excluding hydrogens is 356 g/mol. The van der Waals surface area contributed by atoms with E-state index in [2.05, 4.69) is 15.4 Å². The molecule has 2 rings (SSSR count). The van der Waals surface area contributed by atoms with E-state index in [0.29, 0.717) is 45.3 Å². The molecule has 1 fully saturated rings. The molecule has 9 heteroatoms. The molecule has 0 spiro atoms. The molecule has 26 heavy (non-hydrogen) atoms. The number of urea groups is 1. The van der Waals surface area contributed by atoms with Gasteiger partial charge in [-0.05, 0) is 31.4 Å². The van der Waals surface area contributed by atoms with Crippen molar-refractivity contribution in [2.45, 2.75) is 36.6 Å². The Morgan fingerprint density at radius 1 is 1.15 bits per heavy atom. The van der Waals surface area contributed by atoms with Gasteiger partial charge in [0.1, 0.15) is 0 Å². The second-order valence-electron chi connectivity index (χ2n) is 6.20. The summed E-state index contributed by atoms with van der Waals surface area (Å²) in [6, 6.07) is 7.85. The Morgan fingerprint density at radius 2 is 1.81 bits per heavy atom. The van der Waals surface area contributed by atoms with Crippen LogP contribution >= 0.6 is 0 Å². The molecule has 144 valence electrons. The maximum atomic E-state index is 12.3. The first-order chi connectivity index (χ1) is 12.4. The van der Waals surface area contributed by atoms with Gasteiger partial charge < -0.3 is 15.5 Å². The van der Waals surface area contributed by atoms with Gasteiger partial charge in [-0.3, -0.25) is 4.79 Å². The van der Waals surface area contributed by atoms with Gasteiger partial charge >= 0.3 is 6.03 Å². The third-order valence-corrected chi connectivity index (χ3v) is 5.84. The predicted octanol–water partition coefficient (Wildman–Crippen LogP) is 0.665. The lowest BCUT2D eigenvalue weighted by atomic mass is 10.1. The van der Waals surface area contributed by atoms with Crippen LogP contribution in [0.25, 0.3) is 0 Å². The van der Waals surface area contributed by atoms with Crippen LogP contribution in [0.3, 0.4) is 0 Å². The quantitative estimate of drug-likeness (QED) is 0.602. The standard InChI is InChI=1S/C17H26N4O4S/c1-18-17(23)19-11-5-8-16(22)21-12-9-14(10-13-21)20-26(24,25)15-6-3-2-4-7-15/h2-4,6-7,14,20H,5,8-13H2,1H3,(H2,18,19,23). The zero-order valence-corrected chi connectivity index (χ0v) is 15.7. The number of amides is 3. The van der Waals surface area contributed by atoms with Gasteiger partial charge in [0.25, 0.3) is 0 Å². The normalized spacial score (nSPS) is 15.5. The first-order valence-electron chi connectivity index (χ1n) is 8.73. The van der Waals surface area contributed by atoms with Crippen LogP contribution in [-0.2, 0) is 14.8 Å². The Balaban J connectivity index is 1.73. The second-order valence-corrected chi connectivity index (χ2v) is 7.91. The third-order valence-electron chi connectivity index (χ3n) is 4.30. The van der Waals surface area contributed by atoms with Crippen molar-refractivity contribution in [3.63, 3.8) is 0 Å². The van der Waals surface area contributed by atoms with Crippen LogP contribution in [-0.4, -0.2) is 58.0 Å². The Kier molecular flexibility index (Phi) is 7.40. The Bertz CT molecular complexity index is 701. The third kappa shape index (κ3) is 5.99. The summed E-state index contributed by atoms with van der Waals surface area (Å²) >= 11 is 0. The van der Waals surface area contributed by atoms with E-state index in [0.717, 1.165) is 0 Å². The van der Waals surface area contributed by atoms with Crippen LogP contribution in [0.4, 0.5) is 4.79 Å². The van der Waals surface area contributed by atoms with Crippen molar-refractivity contribution in [2.75, 3.05) is 26.7 Å². The van der Waals surface area contributed by atoms with E-state index < -0.39 is 10.0 Å². The summed E-state index contributed by atoms with van der Waals surface area (Å²) in [4.78, 5) is 25.2. The Labute approximate surface area is 154 Å². The molecule has 1 aliphatic rings. The number of carbonyl (C=O) groups excluding carboxylic acids is 2. The number of nitrogens with zero attached hydrogens (tertiary/aromatic N) is 1. The van der Waals surface area contributed by atoms with Crippen molar-refractivity contribution in [2.24, 2.45) is 0 Å². The summed E-state index contributed by atoms with van der Waals surface area (Å²) in [6.07, 6.45) is 2.12. The maximum absolute atomic E-state index is 12.3. The van der Waals surface area contributed by atoms with Crippen molar-refractivity contribution < 1.29 is 18.0 Å². The first kappa shape index (κ1) is 20.2. The molecule has 0 aliphatic carbocycles. The first-order valence-corrected chi connectivity index (χ1v) is 10.2. The van der Waals surface area contributed by atoms with Crippen molar-refractivity contribution in [3.8, 4) is 0 Å². The van der Waals surface area contributed by atoms with E-state index in [9.17, 15) is 18.0 Å². The van der Waals surface area contributed by atoms with Gasteiger partial charge in [-0.2, -0.15) is 0 Å². The van der Waals surface area contributed by atoms with Crippen LogP contribution in [0.2, 0.25) is 0 Å². The van der Waals surface area contributed by atoms with Gasteiger partial charge in [0, 0.05) is 39.1 Å². The summed E-state index contributed by atoms with van der Waals surface area (Å²) in [5, 5.41) is 5.09. The van der Waals surface area contributed by atoms with Gasteiger partial charge in [-0.1, -0.05) is 18.2 Å². The lowest BCUT2D eigenvalue weighted by Crippen LogP contribution is -2.46. The largest absolute Gasteiger partial charge is 0.343 e. The molecular formula is C17H26N4O4S. The van der Waals surface area contributed by atoms with E-state index >= 15 is 0 Å². The summed E-state index contributed by atoms with van der Waals surface area (Å²) in [5.41, 5.74) is 0. The fraction of sp³-hybridized carbons (Fsp3) is 0.529. The minimum atomic E-state index is -3.53. The fourth-order valence-corrected chi connectivity index (χ4v) is 4.15. The van der Waals surface area contributed by atoms with Crippen LogP contribution in [0.1, 0.15) is 25.7 Å². The summed E-state index contributed by atoms with van der Waals surface area (Å²) in [6.45, 7) is 1.51. The highest BCUT2D eigenvalue weighted by Crippen LogP contribution is 2.15. The van der Waals surface area contributed by atoms with Gasteiger partial charge in [0.2, 0.25) is 15.9 Å². The molecule has 0 bridgehead atoms. The lowest BCUT2D eigenvalue weighted by molar-refractivity contribution is -0.132. The summed E-state index contributed by atoms with van der Waals surface area (Å²) in [7, 11) is -1.99. The number of hydrogen-bond acceptors (Lipinski definition) is 4. The molecule has 1 saturated heterocycles. The second kappa shape index (κ2) is 9.54. The van der Waals surface area contributed by atoms with E-state index in [1.54, 1.807) is 35.2 Å². The minimum absolute atomic E-state index is 0.0353. The summed E-state index contributed by atoms with van der Waals surface area (Å²) in [5.74, 6) is 0.0353. The number of hydrogen-bond donors (Lipinski definition) is 3. The number of nitrogens with one attached hydrogen (secondary N) is 3. The average molecular weight is 382 g/mol. The van der Waals surface area contributed by atoms with E-state index in [1.807, 2.05) is 0 Å². The van der Waals surface area contributed by atoms with E-state index in [-0.39, 0.29) is 22.9 Å². The molecule has 3 amide bonds. The molecule has 0 saturated carbocycles. The highest BCUT2D eigenvalue weighted by molar-refractivity contribution is 7.89. The Morgan fingerprint density at radius 3 is 2.42 bits per heavy atom. The smallest absolute Gasteiger partial charge is 0.314 e. The van der Waals surface area contributed by atoms with E-state index in [4.69, 9.17) is 0 Å². The molecule has 1 aromatic carbocycles. The van der Waals surface area contributed by atoms with Crippen molar-refractivity contribution in [1.29, 1.82) is 0 Å². The van der Waals surface area contributed by atoms with Crippen LogP contribution in [0.15, 0.2) is 35.2 Å². The topological polar surface area (TPSA) is 108 Å².